The number of anilines is 1. The number of nitrogens with two attached hydrogens (primary N) is 1. The molecule has 0 aromatic heterocycles. The van der Waals surface area contributed by atoms with Gasteiger partial charge in [0.25, 0.3) is 0 Å². The number of phosphoric ester groups is 1. The van der Waals surface area contributed by atoms with E-state index in [1.165, 1.54) is 16.4 Å². The molecule has 2 atom stereocenters. The number of phosphoric acid groups is 1. The van der Waals surface area contributed by atoms with Gasteiger partial charge >= 0.3 is 13.9 Å². The predicted octanol–water partition coefficient (Wildman–Crippen LogP) is 6.38. The summed E-state index contributed by atoms with van der Waals surface area (Å²) in [4.78, 5) is 25.2. The van der Waals surface area contributed by atoms with Gasteiger partial charge in [-0.25, -0.2) is 22.2 Å². The number of rotatable bonds is 22. The Kier molecular flexibility index (Phi) is 16.7. The van der Waals surface area contributed by atoms with Crippen LogP contribution in [0.5, 0.6) is 0 Å². The van der Waals surface area contributed by atoms with Gasteiger partial charge in [-0.15, -0.1) is 0 Å². The van der Waals surface area contributed by atoms with Crippen molar-refractivity contribution < 1.29 is 45.6 Å². The molecule has 0 radical (unpaired) electrons. The molecule has 16 heteroatoms. The second-order valence-corrected chi connectivity index (χ2v) is 16.0. The van der Waals surface area contributed by atoms with Crippen LogP contribution in [0.1, 0.15) is 64.0 Å². The Bertz CT molecular complexity index is 1690. The number of carbonyl (C=O) groups is 2. The van der Waals surface area contributed by atoms with Gasteiger partial charge in [-0.1, -0.05) is 80.9 Å². The molecule has 0 aliphatic carbocycles. The minimum absolute atomic E-state index is 0.0213. The van der Waals surface area contributed by atoms with Crippen LogP contribution in [0, 0.1) is 11.7 Å². The first-order chi connectivity index (χ1) is 24.7. The van der Waals surface area contributed by atoms with E-state index in [1.807, 2.05) is 74.5 Å². The maximum absolute atomic E-state index is 14.5. The smallest absolute Gasteiger partial charge is 0.465 e. The SMILES string of the molecule is CCOP(=O)(OCC)OC[C@H](CCCCNC(=O)[C@@H](NC(=O)O)C(c1ccccc1)c1ccccc1)N(CC(C)C)S(=O)(=O)c1ccc(N)c(F)c1. The Morgan fingerprint density at radius 1 is 0.923 bits per heavy atom. The molecule has 286 valence electrons. The maximum atomic E-state index is 14.5. The second kappa shape index (κ2) is 20.4. The number of amides is 2. The summed E-state index contributed by atoms with van der Waals surface area (Å²) < 4.78 is 73.1. The number of carbonyl (C=O) groups excluding carboxylic acids is 1. The van der Waals surface area contributed by atoms with Crippen LogP contribution >= 0.6 is 7.82 Å². The van der Waals surface area contributed by atoms with Gasteiger partial charge in [0.2, 0.25) is 15.9 Å². The first-order valence-corrected chi connectivity index (χ1v) is 20.1. The van der Waals surface area contributed by atoms with Gasteiger partial charge in [-0.05, 0) is 61.9 Å². The highest BCUT2D eigenvalue weighted by Crippen LogP contribution is 2.49. The van der Waals surface area contributed by atoms with E-state index in [-0.39, 0.29) is 55.8 Å². The molecule has 13 nitrogen and oxygen atoms in total. The van der Waals surface area contributed by atoms with Crippen molar-refractivity contribution in [1.82, 2.24) is 14.9 Å². The molecule has 5 N–H and O–H groups in total. The number of carboxylic acid groups (broad SMARTS) is 1. The van der Waals surface area contributed by atoms with E-state index >= 15 is 0 Å². The molecule has 0 unspecified atom stereocenters. The fourth-order valence-electron chi connectivity index (χ4n) is 5.68. The summed E-state index contributed by atoms with van der Waals surface area (Å²) >= 11 is 0. The standard InChI is InChI=1S/C36H50FN4O9PS/c1-5-48-51(45,49-6-2)50-25-29(41(24-26(3)4)52(46,47)30-20-21-32(38)31(37)23-30)19-13-14-22-39-35(42)34(40-36(43)44)33(27-15-9-7-10-16-27)28-17-11-8-12-18-28/h7-12,15-18,20-21,23,26,29,33-34,40H,5-6,13-14,19,22,24-25,38H2,1-4H3,(H,39,42)(H,43,44)/t29-,34-/m0/s1. The van der Waals surface area contributed by atoms with E-state index in [2.05, 4.69) is 10.6 Å². The topological polar surface area (TPSA) is 187 Å². The third kappa shape index (κ3) is 12.4. The number of nitrogens with one attached hydrogen (secondary N) is 2. The minimum Gasteiger partial charge on any atom is -0.465 e. The molecule has 0 spiro atoms. The average molecular weight is 765 g/mol. The molecule has 3 rings (SSSR count). The van der Waals surface area contributed by atoms with Crippen molar-refractivity contribution in [3.05, 3.63) is 95.8 Å². The fourth-order valence-corrected chi connectivity index (χ4v) is 8.71. The monoisotopic (exact) mass is 764 g/mol. The molecule has 2 amide bonds. The Labute approximate surface area is 305 Å². The minimum atomic E-state index is -4.32. The normalized spacial score (nSPS) is 13.3. The molecular formula is C36H50FN4O9PS. The van der Waals surface area contributed by atoms with Crippen molar-refractivity contribution in [2.75, 3.05) is 38.6 Å². The summed E-state index contributed by atoms with van der Waals surface area (Å²) in [5.41, 5.74) is 6.90. The second-order valence-electron chi connectivity index (χ2n) is 12.4. The van der Waals surface area contributed by atoms with Gasteiger partial charge in [-0.3, -0.25) is 18.4 Å². The van der Waals surface area contributed by atoms with Crippen LogP contribution in [0.15, 0.2) is 83.8 Å². The lowest BCUT2D eigenvalue weighted by molar-refractivity contribution is -0.123. The third-order valence-corrected chi connectivity index (χ3v) is 11.5. The first-order valence-electron chi connectivity index (χ1n) is 17.2. The molecule has 0 saturated heterocycles. The van der Waals surface area contributed by atoms with Crippen LogP contribution in [-0.4, -0.2) is 74.8 Å². The molecule has 0 bridgehead atoms. The van der Waals surface area contributed by atoms with Gasteiger partial charge in [0.1, 0.15) is 11.9 Å². The summed E-state index contributed by atoms with van der Waals surface area (Å²) in [6.45, 7) is 6.71. The molecule has 3 aromatic rings. The molecule has 0 aliphatic heterocycles. The lowest BCUT2D eigenvalue weighted by atomic mass is 9.84. The number of benzene rings is 3. The summed E-state index contributed by atoms with van der Waals surface area (Å²) in [5, 5.41) is 14.9. The highest BCUT2D eigenvalue weighted by molar-refractivity contribution is 7.89. The Balaban J connectivity index is 1.83. The van der Waals surface area contributed by atoms with E-state index in [4.69, 9.17) is 19.3 Å². The largest absolute Gasteiger partial charge is 0.474 e. The van der Waals surface area contributed by atoms with Crippen molar-refractivity contribution in [2.45, 2.75) is 69.9 Å². The van der Waals surface area contributed by atoms with Gasteiger partial charge in [-0.2, -0.15) is 4.31 Å². The Morgan fingerprint density at radius 2 is 1.50 bits per heavy atom. The van der Waals surface area contributed by atoms with Gasteiger partial charge in [0.15, 0.2) is 0 Å². The molecular weight excluding hydrogens is 714 g/mol. The molecule has 0 aliphatic rings. The predicted molar refractivity (Wildman–Crippen MR) is 197 cm³/mol. The highest BCUT2D eigenvalue weighted by atomic mass is 32.2. The van der Waals surface area contributed by atoms with E-state index in [0.717, 1.165) is 17.2 Å². The molecule has 0 saturated carbocycles. The maximum Gasteiger partial charge on any atom is 0.474 e. The van der Waals surface area contributed by atoms with E-state index in [9.17, 15) is 32.1 Å². The van der Waals surface area contributed by atoms with Crippen molar-refractivity contribution in [3.8, 4) is 0 Å². The number of sulfonamides is 1. The molecule has 0 fully saturated rings. The van der Waals surface area contributed by atoms with Crippen LogP contribution < -0.4 is 16.4 Å². The average Bonchev–Trinajstić information content (AvgIpc) is 3.10. The van der Waals surface area contributed by atoms with Crippen molar-refractivity contribution in [2.24, 2.45) is 5.92 Å². The fraction of sp³-hybridized carbons (Fsp3) is 0.444. The Morgan fingerprint density at radius 3 is 2.00 bits per heavy atom. The number of unbranched alkanes of at least 4 members (excludes halogenated alkanes) is 1. The van der Waals surface area contributed by atoms with E-state index in [0.29, 0.717) is 12.8 Å². The zero-order valence-electron chi connectivity index (χ0n) is 29.9. The van der Waals surface area contributed by atoms with Gasteiger partial charge < -0.3 is 21.5 Å². The lowest BCUT2D eigenvalue weighted by Crippen LogP contribution is -2.50. The van der Waals surface area contributed by atoms with Crippen molar-refractivity contribution in [3.63, 3.8) is 0 Å². The van der Waals surface area contributed by atoms with Crippen LogP contribution in [-0.2, 0) is 33.0 Å². The van der Waals surface area contributed by atoms with E-state index in [1.54, 1.807) is 13.8 Å². The lowest BCUT2D eigenvalue weighted by Gasteiger charge is -2.33. The quantitative estimate of drug-likeness (QED) is 0.0509. The van der Waals surface area contributed by atoms with Crippen LogP contribution in [0.2, 0.25) is 0 Å². The van der Waals surface area contributed by atoms with E-state index < -0.39 is 53.7 Å². The number of hydrogen-bond donors (Lipinski definition) is 4. The molecule has 3 aromatic carbocycles. The highest BCUT2D eigenvalue weighted by Gasteiger charge is 2.36. The third-order valence-electron chi connectivity index (χ3n) is 8.01. The van der Waals surface area contributed by atoms with Crippen molar-refractivity contribution in [1.29, 1.82) is 0 Å². The Hall–Kier alpha value is -3.85. The number of hydrogen-bond acceptors (Lipinski definition) is 9. The summed E-state index contributed by atoms with van der Waals surface area (Å²) in [6, 6.07) is 19.4. The number of halogens is 1. The van der Waals surface area contributed by atoms with Crippen LogP contribution in [0.25, 0.3) is 0 Å². The first kappa shape index (κ1) is 42.6. The number of nitrogen functional groups attached to an aromatic ring is 1. The van der Waals surface area contributed by atoms with Crippen molar-refractivity contribution >= 4 is 35.5 Å². The van der Waals surface area contributed by atoms with Gasteiger partial charge in [0, 0.05) is 25.0 Å². The zero-order valence-corrected chi connectivity index (χ0v) is 31.7. The zero-order chi connectivity index (χ0) is 38.3. The summed E-state index contributed by atoms with van der Waals surface area (Å²) in [5.74, 6) is -2.21. The van der Waals surface area contributed by atoms with Gasteiger partial charge in [0.05, 0.1) is 30.4 Å². The van der Waals surface area contributed by atoms with Crippen LogP contribution in [0.4, 0.5) is 14.9 Å². The summed E-state index contributed by atoms with van der Waals surface area (Å²) in [6.07, 6.45) is -0.446. The molecule has 52 heavy (non-hydrogen) atoms. The van der Waals surface area contributed by atoms with Crippen LogP contribution in [0.3, 0.4) is 0 Å². The summed E-state index contributed by atoms with van der Waals surface area (Å²) in [7, 11) is -8.35. The molecule has 0 heterocycles. The number of nitrogens with zero attached hydrogens (tertiary/aromatic N) is 1.